The van der Waals surface area contributed by atoms with Crippen molar-refractivity contribution < 1.29 is 0 Å². The summed E-state index contributed by atoms with van der Waals surface area (Å²) in [4.78, 5) is 2.64. The van der Waals surface area contributed by atoms with E-state index >= 15 is 0 Å². The molecular formula is C13H22N2. The van der Waals surface area contributed by atoms with Crippen LogP contribution in [0.5, 0.6) is 0 Å². The van der Waals surface area contributed by atoms with Crippen LogP contribution in [-0.2, 0) is 0 Å². The molecule has 0 saturated heterocycles. The van der Waals surface area contributed by atoms with E-state index in [0.717, 1.165) is 24.5 Å². The van der Waals surface area contributed by atoms with E-state index in [-0.39, 0.29) is 0 Å². The average Bonchev–Trinajstić information content (AvgIpc) is 3.03. The first-order valence-electron chi connectivity index (χ1n) is 6.44. The van der Waals surface area contributed by atoms with Crippen molar-refractivity contribution in [3.05, 3.63) is 0 Å². The Hall–Kier alpha value is -0.550. The summed E-state index contributed by atoms with van der Waals surface area (Å²) in [5.41, 5.74) is 0. The molecule has 0 spiro atoms. The fourth-order valence-corrected chi connectivity index (χ4v) is 2.95. The maximum absolute atomic E-state index is 8.69. The third-order valence-corrected chi connectivity index (χ3v) is 3.88. The monoisotopic (exact) mass is 206 g/mol. The van der Waals surface area contributed by atoms with E-state index in [4.69, 9.17) is 5.26 Å². The van der Waals surface area contributed by atoms with Crippen LogP contribution in [0.15, 0.2) is 0 Å². The standard InChI is InChI=1S/C13H22N2/c1-11-4-2-5-13(10-11)15(9-3-8-14)12-6-7-12/h11-13H,2-7,9-10H2,1H3. The van der Waals surface area contributed by atoms with Gasteiger partial charge in [0.2, 0.25) is 0 Å². The van der Waals surface area contributed by atoms with Crippen LogP contribution in [0.4, 0.5) is 0 Å². The van der Waals surface area contributed by atoms with Crippen molar-refractivity contribution in [3.8, 4) is 6.07 Å². The van der Waals surface area contributed by atoms with E-state index < -0.39 is 0 Å². The molecule has 2 atom stereocenters. The fraction of sp³-hybridized carbons (Fsp3) is 0.923. The lowest BCUT2D eigenvalue weighted by Gasteiger charge is -2.36. The Kier molecular flexibility index (Phi) is 3.64. The summed E-state index contributed by atoms with van der Waals surface area (Å²) >= 11 is 0. The van der Waals surface area contributed by atoms with Gasteiger partial charge in [-0.1, -0.05) is 19.8 Å². The second-order valence-corrected chi connectivity index (χ2v) is 5.30. The second kappa shape index (κ2) is 4.99. The summed E-state index contributed by atoms with van der Waals surface area (Å²) in [5.74, 6) is 0.895. The van der Waals surface area contributed by atoms with Gasteiger partial charge in [-0.25, -0.2) is 0 Å². The van der Waals surface area contributed by atoms with Crippen LogP contribution in [0.2, 0.25) is 0 Å². The van der Waals surface area contributed by atoms with Gasteiger partial charge >= 0.3 is 0 Å². The van der Waals surface area contributed by atoms with Gasteiger partial charge in [0.1, 0.15) is 0 Å². The first-order valence-corrected chi connectivity index (χ1v) is 6.44. The van der Waals surface area contributed by atoms with E-state index in [2.05, 4.69) is 17.9 Å². The molecule has 0 heterocycles. The summed E-state index contributed by atoms with van der Waals surface area (Å²) in [5, 5.41) is 8.69. The van der Waals surface area contributed by atoms with Gasteiger partial charge in [0, 0.05) is 25.0 Å². The first-order chi connectivity index (χ1) is 7.31. The Morgan fingerprint density at radius 1 is 1.20 bits per heavy atom. The predicted molar refractivity (Wildman–Crippen MR) is 61.4 cm³/mol. The molecule has 0 radical (unpaired) electrons. The van der Waals surface area contributed by atoms with E-state index in [9.17, 15) is 0 Å². The molecule has 2 rings (SSSR count). The van der Waals surface area contributed by atoms with Gasteiger partial charge in [0.25, 0.3) is 0 Å². The second-order valence-electron chi connectivity index (χ2n) is 5.30. The molecule has 0 aromatic carbocycles. The van der Waals surface area contributed by atoms with E-state index in [1.54, 1.807) is 0 Å². The molecule has 2 unspecified atom stereocenters. The Labute approximate surface area is 93.3 Å². The molecule has 84 valence electrons. The molecule has 15 heavy (non-hydrogen) atoms. The molecule has 2 fully saturated rings. The van der Waals surface area contributed by atoms with Gasteiger partial charge in [-0.05, 0) is 31.6 Å². The SMILES string of the molecule is CC1CCCC(N(CCC#N)C2CC2)C1. The zero-order valence-electron chi connectivity index (χ0n) is 9.78. The molecule has 2 aliphatic rings. The van der Waals surface area contributed by atoms with E-state index in [0.29, 0.717) is 6.42 Å². The zero-order valence-corrected chi connectivity index (χ0v) is 9.78. The summed E-state index contributed by atoms with van der Waals surface area (Å²) in [6.07, 6.45) is 8.98. The summed E-state index contributed by atoms with van der Waals surface area (Å²) in [7, 11) is 0. The maximum Gasteiger partial charge on any atom is 0.0635 e. The number of hydrogen-bond acceptors (Lipinski definition) is 2. The normalized spacial score (nSPS) is 31.5. The quantitative estimate of drug-likeness (QED) is 0.707. The van der Waals surface area contributed by atoms with Gasteiger partial charge < -0.3 is 0 Å². The summed E-state index contributed by atoms with van der Waals surface area (Å²) < 4.78 is 0. The van der Waals surface area contributed by atoms with Crippen molar-refractivity contribution in [2.24, 2.45) is 5.92 Å². The zero-order chi connectivity index (χ0) is 10.7. The van der Waals surface area contributed by atoms with Crippen molar-refractivity contribution in [2.75, 3.05) is 6.54 Å². The van der Waals surface area contributed by atoms with Gasteiger partial charge in [-0.3, -0.25) is 4.90 Å². The molecule has 2 heteroatoms. The highest BCUT2D eigenvalue weighted by Gasteiger charge is 2.34. The Morgan fingerprint density at radius 2 is 2.00 bits per heavy atom. The van der Waals surface area contributed by atoms with Crippen LogP contribution in [0.3, 0.4) is 0 Å². The van der Waals surface area contributed by atoms with Crippen LogP contribution in [0.1, 0.15) is 51.9 Å². The van der Waals surface area contributed by atoms with Crippen molar-refractivity contribution in [1.29, 1.82) is 5.26 Å². The van der Waals surface area contributed by atoms with Crippen molar-refractivity contribution in [3.63, 3.8) is 0 Å². The fourth-order valence-electron chi connectivity index (χ4n) is 2.95. The van der Waals surface area contributed by atoms with Crippen molar-refractivity contribution in [2.45, 2.75) is 64.0 Å². The predicted octanol–water partition coefficient (Wildman–Crippen LogP) is 2.94. The highest BCUT2D eigenvalue weighted by atomic mass is 15.2. The van der Waals surface area contributed by atoms with Crippen LogP contribution >= 0.6 is 0 Å². The highest BCUT2D eigenvalue weighted by Crippen LogP contribution is 2.35. The molecule has 0 N–H and O–H groups in total. The first kappa shape index (κ1) is 11.0. The molecule has 0 bridgehead atoms. The lowest BCUT2D eigenvalue weighted by Crippen LogP contribution is -2.40. The average molecular weight is 206 g/mol. The van der Waals surface area contributed by atoms with E-state index in [1.165, 1.54) is 38.5 Å². The lowest BCUT2D eigenvalue weighted by molar-refractivity contribution is 0.129. The number of hydrogen-bond donors (Lipinski definition) is 0. The summed E-state index contributed by atoms with van der Waals surface area (Å²) in [6.45, 7) is 3.39. The number of nitrogens with zero attached hydrogens (tertiary/aromatic N) is 2. The highest BCUT2D eigenvalue weighted by molar-refractivity contribution is 4.92. The lowest BCUT2D eigenvalue weighted by atomic mass is 9.86. The molecule has 2 nitrogen and oxygen atoms in total. The smallest absolute Gasteiger partial charge is 0.0635 e. The number of rotatable bonds is 4. The van der Waals surface area contributed by atoms with Crippen LogP contribution in [0, 0.1) is 17.2 Å². The van der Waals surface area contributed by atoms with Crippen LogP contribution in [0.25, 0.3) is 0 Å². The van der Waals surface area contributed by atoms with Gasteiger partial charge in [0.15, 0.2) is 0 Å². The van der Waals surface area contributed by atoms with Gasteiger partial charge in [-0.2, -0.15) is 5.26 Å². The molecule has 0 aliphatic heterocycles. The minimum atomic E-state index is 0.710. The van der Waals surface area contributed by atoms with Crippen LogP contribution in [-0.4, -0.2) is 23.5 Å². The van der Waals surface area contributed by atoms with Gasteiger partial charge in [0.05, 0.1) is 6.07 Å². The van der Waals surface area contributed by atoms with E-state index in [1.807, 2.05) is 0 Å². The van der Waals surface area contributed by atoms with Crippen molar-refractivity contribution in [1.82, 2.24) is 4.90 Å². The largest absolute Gasteiger partial charge is 0.296 e. The summed E-state index contributed by atoms with van der Waals surface area (Å²) in [6, 6.07) is 3.90. The molecular weight excluding hydrogens is 184 g/mol. The molecule has 0 aromatic rings. The third kappa shape index (κ3) is 2.95. The Morgan fingerprint density at radius 3 is 2.60 bits per heavy atom. The van der Waals surface area contributed by atoms with Crippen LogP contribution < -0.4 is 0 Å². The van der Waals surface area contributed by atoms with Crippen molar-refractivity contribution >= 4 is 0 Å². The molecule has 0 amide bonds. The molecule has 0 aromatic heterocycles. The Balaban J connectivity index is 1.88. The molecule has 2 saturated carbocycles. The molecule has 2 aliphatic carbocycles. The minimum Gasteiger partial charge on any atom is -0.296 e. The Bertz CT molecular complexity index is 239. The maximum atomic E-state index is 8.69. The minimum absolute atomic E-state index is 0.710. The number of nitriles is 1. The third-order valence-electron chi connectivity index (χ3n) is 3.88. The van der Waals surface area contributed by atoms with Gasteiger partial charge in [-0.15, -0.1) is 0 Å². The topological polar surface area (TPSA) is 27.0 Å².